The molecular formula is C23H26ClFN8. The number of nitrogens with one attached hydrogen (secondary N) is 1. The molecule has 3 N–H and O–H groups in total. The lowest BCUT2D eigenvalue weighted by Gasteiger charge is -2.41. The Morgan fingerprint density at radius 1 is 1.24 bits per heavy atom. The van der Waals surface area contributed by atoms with Crippen LogP contribution in [0.2, 0.25) is 5.02 Å². The van der Waals surface area contributed by atoms with Crippen molar-refractivity contribution >= 4 is 39.5 Å². The Kier molecular flexibility index (Phi) is 4.64. The van der Waals surface area contributed by atoms with Gasteiger partial charge in [-0.05, 0) is 52.2 Å². The van der Waals surface area contributed by atoms with Crippen LogP contribution in [0.5, 0.6) is 0 Å². The summed E-state index contributed by atoms with van der Waals surface area (Å²) in [7, 11) is 0. The number of benzene rings is 1. The van der Waals surface area contributed by atoms with E-state index in [4.69, 9.17) is 27.3 Å². The maximum absolute atomic E-state index is 14.8. The van der Waals surface area contributed by atoms with Gasteiger partial charge < -0.3 is 10.6 Å². The van der Waals surface area contributed by atoms with E-state index in [2.05, 4.69) is 34.0 Å². The van der Waals surface area contributed by atoms with Gasteiger partial charge in [0, 0.05) is 35.3 Å². The van der Waals surface area contributed by atoms with E-state index < -0.39 is 12.2 Å². The molecule has 2 fully saturated rings. The van der Waals surface area contributed by atoms with Crippen LogP contribution in [0.3, 0.4) is 0 Å². The molecule has 4 atom stereocenters. The standard InChI is InChI=1S/C23H26ClFN8/c1-10(2)32-9-14-16(31-32)6-5-13(18(14)24)20-21-22(30-29-20)28-23(11(3)27-21)33-12-4-7-17(33)19(25)15(26)8-12/h5-6,9-10,12,15,17,19H,4,7-8,26H2,1-3H3,(H,28,29,30)/t12-,15-,17+,19-/m0/s1. The maximum atomic E-state index is 14.8. The first kappa shape index (κ1) is 20.8. The Balaban J connectivity index is 1.44. The Labute approximate surface area is 195 Å². The normalized spacial score (nSPS) is 25.1. The summed E-state index contributed by atoms with van der Waals surface area (Å²) in [6.07, 6.45) is 3.23. The number of anilines is 1. The maximum Gasteiger partial charge on any atom is 0.177 e. The van der Waals surface area contributed by atoms with Crippen molar-refractivity contribution in [2.45, 2.75) is 70.4 Å². The van der Waals surface area contributed by atoms with Gasteiger partial charge in [-0.1, -0.05) is 11.6 Å². The number of nitrogens with two attached hydrogens (primary N) is 1. The number of H-pyrrole nitrogens is 1. The topological polar surface area (TPSA) is 102 Å². The minimum absolute atomic E-state index is 0.194. The molecule has 1 aromatic carbocycles. The zero-order chi connectivity index (χ0) is 23.0. The Morgan fingerprint density at radius 2 is 2.06 bits per heavy atom. The second kappa shape index (κ2) is 7.36. The highest BCUT2D eigenvalue weighted by Gasteiger charge is 2.47. The summed E-state index contributed by atoms with van der Waals surface area (Å²) in [6.45, 7) is 6.06. The molecule has 33 heavy (non-hydrogen) atoms. The van der Waals surface area contributed by atoms with E-state index in [0.717, 1.165) is 35.0 Å². The minimum Gasteiger partial charge on any atom is -0.346 e. The number of nitrogens with zero attached hydrogens (tertiary/aromatic N) is 6. The quantitative estimate of drug-likeness (QED) is 0.464. The van der Waals surface area contributed by atoms with E-state index in [0.29, 0.717) is 34.1 Å². The van der Waals surface area contributed by atoms with Crippen LogP contribution in [0.4, 0.5) is 10.2 Å². The predicted octanol–water partition coefficient (Wildman–Crippen LogP) is 4.32. The fraction of sp³-hybridized carbons (Fsp3) is 0.478. The van der Waals surface area contributed by atoms with Gasteiger partial charge in [0.05, 0.1) is 22.3 Å². The number of alkyl halides is 1. The van der Waals surface area contributed by atoms with E-state index in [1.54, 1.807) is 0 Å². The van der Waals surface area contributed by atoms with Crippen molar-refractivity contribution in [3.8, 4) is 11.3 Å². The zero-order valence-corrected chi connectivity index (χ0v) is 19.5. The fourth-order valence-electron chi connectivity index (χ4n) is 5.39. The van der Waals surface area contributed by atoms with Crippen LogP contribution in [-0.2, 0) is 0 Å². The lowest BCUT2D eigenvalue weighted by atomic mass is 9.96. The minimum atomic E-state index is -1.06. The molecule has 0 amide bonds. The van der Waals surface area contributed by atoms with Crippen LogP contribution in [-0.4, -0.2) is 54.2 Å². The highest BCUT2D eigenvalue weighted by atomic mass is 35.5. The van der Waals surface area contributed by atoms with Crippen molar-refractivity contribution in [2.24, 2.45) is 5.73 Å². The van der Waals surface area contributed by atoms with Crippen LogP contribution in [0, 0.1) is 6.92 Å². The van der Waals surface area contributed by atoms with Gasteiger partial charge >= 0.3 is 0 Å². The Bertz CT molecular complexity index is 1380. The number of halogens is 2. The number of aromatic nitrogens is 6. The number of piperidine rings is 1. The third kappa shape index (κ3) is 3.05. The molecule has 3 aromatic heterocycles. The van der Waals surface area contributed by atoms with Crippen molar-refractivity contribution in [1.29, 1.82) is 0 Å². The molecule has 4 aromatic rings. The first-order chi connectivity index (χ1) is 15.8. The second-order valence-electron chi connectivity index (χ2n) is 9.51. The van der Waals surface area contributed by atoms with Crippen LogP contribution in [0.15, 0.2) is 18.3 Å². The molecular weight excluding hydrogens is 443 g/mol. The van der Waals surface area contributed by atoms with E-state index in [1.807, 2.05) is 29.9 Å². The lowest BCUT2D eigenvalue weighted by Crippen LogP contribution is -2.56. The lowest BCUT2D eigenvalue weighted by molar-refractivity contribution is 0.203. The van der Waals surface area contributed by atoms with E-state index in [1.165, 1.54) is 0 Å². The number of rotatable bonds is 3. The van der Waals surface area contributed by atoms with E-state index in [-0.39, 0.29) is 18.1 Å². The first-order valence-electron chi connectivity index (χ1n) is 11.4. The Morgan fingerprint density at radius 3 is 2.85 bits per heavy atom. The van der Waals surface area contributed by atoms with Gasteiger partial charge in [-0.2, -0.15) is 10.2 Å². The summed E-state index contributed by atoms with van der Waals surface area (Å²) in [5, 5.41) is 13.6. The van der Waals surface area contributed by atoms with Gasteiger partial charge in [-0.15, -0.1) is 0 Å². The molecule has 0 aliphatic carbocycles. The summed E-state index contributed by atoms with van der Waals surface area (Å²) in [5.74, 6) is 0.708. The number of aryl methyl sites for hydroxylation is 1. The highest BCUT2D eigenvalue weighted by Crippen LogP contribution is 2.41. The van der Waals surface area contributed by atoms with Crippen molar-refractivity contribution in [2.75, 3.05) is 4.90 Å². The van der Waals surface area contributed by atoms with Crippen molar-refractivity contribution < 1.29 is 4.39 Å². The second-order valence-corrected chi connectivity index (χ2v) is 9.89. The van der Waals surface area contributed by atoms with Gasteiger partial charge in [0.25, 0.3) is 0 Å². The molecule has 6 rings (SSSR count). The number of aromatic amines is 1. The first-order valence-corrected chi connectivity index (χ1v) is 11.8. The fourth-order valence-corrected chi connectivity index (χ4v) is 5.69. The molecule has 5 heterocycles. The number of hydrogen-bond acceptors (Lipinski definition) is 6. The van der Waals surface area contributed by atoms with Gasteiger partial charge in [-0.25, -0.2) is 14.4 Å². The van der Waals surface area contributed by atoms with Crippen molar-refractivity contribution in [3.05, 3.63) is 29.0 Å². The number of fused-ring (bicyclic) bond motifs is 4. The molecule has 0 unspecified atom stereocenters. The SMILES string of the molecule is Cc1nc2c(-c3ccc4nn(C(C)C)cc4c3Cl)n[nH]c2nc1N1[C@H]2CC[C@@H]1[C@@H](F)[C@@H](N)C2. The molecule has 2 aliphatic heterocycles. The van der Waals surface area contributed by atoms with Gasteiger partial charge in [0.15, 0.2) is 11.5 Å². The molecule has 2 bridgehead atoms. The molecule has 0 saturated carbocycles. The largest absolute Gasteiger partial charge is 0.346 e. The smallest absolute Gasteiger partial charge is 0.177 e. The molecule has 10 heteroatoms. The molecule has 8 nitrogen and oxygen atoms in total. The predicted molar refractivity (Wildman–Crippen MR) is 127 cm³/mol. The number of hydrogen-bond donors (Lipinski definition) is 2. The Hall–Kier alpha value is -2.78. The van der Waals surface area contributed by atoms with E-state index in [9.17, 15) is 4.39 Å². The van der Waals surface area contributed by atoms with Crippen LogP contribution in [0.25, 0.3) is 33.3 Å². The third-order valence-electron chi connectivity index (χ3n) is 7.08. The summed E-state index contributed by atoms with van der Waals surface area (Å²) in [6, 6.07) is 3.63. The van der Waals surface area contributed by atoms with Crippen LogP contribution < -0.4 is 10.6 Å². The molecule has 0 spiro atoms. The van der Waals surface area contributed by atoms with Crippen molar-refractivity contribution in [3.63, 3.8) is 0 Å². The summed E-state index contributed by atoms with van der Waals surface area (Å²) < 4.78 is 16.7. The van der Waals surface area contributed by atoms with Crippen LogP contribution in [0.1, 0.15) is 44.8 Å². The monoisotopic (exact) mass is 468 g/mol. The van der Waals surface area contributed by atoms with Gasteiger partial charge in [0.2, 0.25) is 0 Å². The highest BCUT2D eigenvalue weighted by molar-refractivity contribution is 6.38. The van der Waals surface area contributed by atoms with Gasteiger partial charge in [-0.3, -0.25) is 9.78 Å². The van der Waals surface area contributed by atoms with E-state index >= 15 is 0 Å². The average Bonchev–Trinajstić information content (AvgIpc) is 3.47. The average molecular weight is 469 g/mol. The molecule has 2 saturated heterocycles. The van der Waals surface area contributed by atoms with Crippen LogP contribution >= 0.6 is 11.6 Å². The molecule has 0 radical (unpaired) electrons. The molecule has 172 valence electrons. The molecule has 2 aliphatic rings. The van der Waals surface area contributed by atoms with Crippen molar-refractivity contribution in [1.82, 2.24) is 29.9 Å². The summed E-state index contributed by atoms with van der Waals surface area (Å²) in [4.78, 5) is 11.8. The summed E-state index contributed by atoms with van der Waals surface area (Å²) >= 11 is 6.80. The zero-order valence-electron chi connectivity index (χ0n) is 18.8. The third-order valence-corrected chi connectivity index (χ3v) is 7.49. The van der Waals surface area contributed by atoms with Gasteiger partial charge in [0.1, 0.15) is 17.4 Å². The summed E-state index contributed by atoms with van der Waals surface area (Å²) in [5.41, 5.74) is 10.2.